The van der Waals surface area contributed by atoms with Gasteiger partial charge in [-0.1, -0.05) is 6.92 Å². The Bertz CT molecular complexity index is 495. The average Bonchev–Trinajstić information content (AvgIpc) is 3.11. The summed E-state index contributed by atoms with van der Waals surface area (Å²) in [5.41, 5.74) is 0. The molecule has 3 N–H and O–H groups in total. The minimum absolute atomic E-state index is 0.00214. The van der Waals surface area contributed by atoms with Gasteiger partial charge in [0.05, 0.1) is 11.5 Å². The number of aliphatic imine (C=N–C) groups is 1. The number of nitrogens with zero attached hydrogens (tertiary/aromatic N) is 2. The van der Waals surface area contributed by atoms with Crippen LogP contribution in [0.2, 0.25) is 0 Å². The Labute approximate surface area is 142 Å². The first-order chi connectivity index (χ1) is 11.2. The van der Waals surface area contributed by atoms with Crippen molar-refractivity contribution in [1.82, 2.24) is 16.0 Å². The topological polar surface area (TPSA) is 68.8 Å². The van der Waals surface area contributed by atoms with Crippen molar-refractivity contribution in [1.29, 1.82) is 0 Å². The van der Waals surface area contributed by atoms with Crippen molar-refractivity contribution in [2.45, 2.75) is 32.2 Å². The molecule has 0 aliphatic carbocycles. The summed E-state index contributed by atoms with van der Waals surface area (Å²) < 4.78 is 0. The van der Waals surface area contributed by atoms with Crippen LogP contribution in [0, 0.1) is 0 Å². The number of anilines is 1. The van der Waals surface area contributed by atoms with Crippen molar-refractivity contribution in [3.63, 3.8) is 0 Å². The highest BCUT2D eigenvalue weighted by Gasteiger charge is 2.20. The zero-order valence-electron chi connectivity index (χ0n) is 14.0. The van der Waals surface area contributed by atoms with Crippen molar-refractivity contribution in [2.75, 3.05) is 38.1 Å². The number of amides is 1. The number of carbonyl (C=O) groups excluding carboxylic acids is 1. The standard InChI is InChI=1S/C16H27N5OS/c1-3-8-18-14(22)12-19-16(17-2)20-13-6-9-21(10-7-13)15-5-4-11-23-15/h4-5,11,13H,3,6-10,12H2,1-2H3,(H,18,22)(H2,17,19,20). The van der Waals surface area contributed by atoms with E-state index in [1.165, 1.54) is 5.00 Å². The molecule has 1 aromatic rings. The molecule has 1 saturated heterocycles. The summed E-state index contributed by atoms with van der Waals surface area (Å²) in [6, 6.07) is 4.67. The van der Waals surface area contributed by atoms with Crippen LogP contribution in [0.25, 0.3) is 0 Å². The maximum Gasteiger partial charge on any atom is 0.239 e. The van der Waals surface area contributed by atoms with Gasteiger partial charge in [0.2, 0.25) is 5.91 Å². The zero-order chi connectivity index (χ0) is 16.5. The number of guanidine groups is 1. The molecule has 2 rings (SSSR count). The van der Waals surface area contributed by atoms with Gasteiger partial charge >= 0.3 is 0 Å². The van der Waals surface area contributed by atoms with Crippen LogP contribution < -0.4 is 20.9 Å². The number of thiophene rings is 1. The van der Waals surface area contributed by atoms with Crippen LogP contribution in [0.3, 0.4) is 0 Å². The minimum atomic E-state index is 0.00214. The third-order valence-corrected chi connectivity index (χ3v) is 4.79. The number of carbonyl (C=O) groups is 1. The van der Waals surface area contributed by atoms with E-state index in [2.05, 4.69) is 43.4 Å². The van der Waals surface area contributed by atoms with E-state index in [0.717, 1.165) is 32.4 Å². The predicted molar refractivity (Wildman–Crippen MR) is 97.4 cm³/mol. The second-order valence-electron chi connectivity index (χ2n) is 5.63. The van der Waals surface area contributed by atoms with E-state index in [9.17, 15) is 4.79 Å². The SMILES string of the molecule is CCCNC(=O)CNC(=NC)NC1CCN(c2cccs2)CC1. The van der Waals surface area contributed by atoms with E-state index in [1.54, 1.807) is 18.4 Å². The van der Waals surface area contributed by atoms with Gasteiger partial charge in [-0.15, -0.1) is 11.3 Å². The molecule has 0 saturated carbocycles. The fraction of sp³-hybridized carbons (Fsp3) is 0.625. The maximum absolute atomic E-state index is 11.6. The molecule has 1 fully saturated rings. The summed E-state index contributed by atoms with van der Waals surface area (Å²) in [6.07, 6.45) is 3.09. The van der Waals surface area contributed by atoms with E-state index in [0.29, 0.717) is 18.5 Å². The van der Waals surface area contributed by atoms with Gasteiger partial charge in [0, 0.05) is 32.7 Å². The predicted octanol–water partition coefficient (Wildman–Crippen LogP) is 1.41. The first kappa shape index (κ1) is 17.6. The molecule has 1 aromatic heterocycles. The maximum atomic E-state index is 11.6. The average molecular weight is 337 g/mol. The molecule has 128 valence electrons. The smallest absolute Gasteiger partial charge is 0.239 e. The molecule has 0 bridgehead atoms. The lowest BCUT2D eigenvalue weighted by atomic mass is 10.1. The normalized spacial score (nSPS) is 16.3. The van der Waals surface area contributed by atoms with Crippen LogP contribution >= 0.6 is 11.3 Å². The van der Waals surface area contributed by atoms with E-state index in [1.807, 2.05) is 6.92 Å². The van der Waals surface area contributed by atoms with Gasteiger partial charge in [0.15, 0.2) is 5.96 Å². The van der Waals surface area contributed by atoms with Gasteiger partial charge in [0.1, 0.15) is 0 Å². The summed E-state index contributed by atoms with van der Waals surface area (Å²) in [7, 11) is 1.74. The van der Waals surface area contributed by atoms with E-state index >= 15 is 0 Å². The van der Waals surface area contributed by atoms with Gasteiger partial charge in [-0.25, -0.2) is 0 Å². The highest BCUT2D eigenvalue weighted by atomic mass is 32.1. The molecule has 2 heterocycles. The van der Waals surface area contributed by atoms with Gasteiger partial charge in [-0.2, -0.15) is 0 Å². The molecule has 7 heteroatoms. The highest BCUT2D eigenvalue weighted by molar-refractivity contribution is 7.14. The Morgan fingerprint density at radius 3 is 2.78 bits per heavy atom. The molecule has 6 nitrogen and oxygen atoms in total. The van der Waals surface area contributed by atoms with Crippen molar-refractivity contribution >= 4 is 28.2 Å². The van der Waals surface area contributed by atoms with E-state index in [4.69, 9.17) is 0 Å². The molecule has 1 aliphatic heterocycles. The molecule has 0 aromatic carbocycles. The molecule has 0 atom stereocenters. The second-order valence-corrected chi connectivity index (χ2v) is 6.56. The third kappa shape index (κ3) is 5.74. The van der Waals surface area contributed by atoms with Crippen LogP contribution in [-0.2, 0) is 4.79 Å². The summed E-state index contributed by atoms with van der Waals surface area (Å²) in [5, 5.41) is 12.8. The summed E-state index contributed by atoms with van der Waals surface area (Å²) in [6.45, 7) is 5.11. The first-order valence-electron chi connectivity index (χ1n) is 8.25. The van der Waals surface area contributed by atoms with Crippen molar-refractivity contribution in [2.24, 2.45) is 4.99 Å². The van der Waals surface area contributed by atoms with Crippen LogP contribution in [0.15, 0.2) is 22.5 Å². The van der Waals surface area contributed by atoms with Crippen molar-refractivity contribution in [3.05, 3.63) is 17.5 Å². The Kier molecular flexibility index (Phi) is 7.19. The number of rotatable bonds is 6. The molecular weight excluding hydrogens is 310 g/mol. The Hall–Kier alpha value is -1.76. The molecule has 0 radical (unpaired) electrons. The molecule has 1 aliphatic rings. The lowest BCUT2D eigenvalue weighted by Crippen LogP contribution is -2.50. The second kappa shape index (κ2) is 9.39. The summed E-state index contributed by atoms with van der Waals surface area (Å²) in [4.78, 5) is 18.3. The number of piperidine rings is 1. The largest absolute Gasteiger partial charge is 0.363 e. The third-order valence-electron chi connectivity index (χ3n) is 3.87. The monoisotopic (exact) mass is 337 g/mol. The molecule has 0 unspecified atom stereocenters. The summed E-state index contributed by atoms with van der Waals surface area (Å²) >= 11 is 1.79. The van der Waals surface area contributed by atoms with Gasteiger partial charge in [-0.05, 0) is 36.8 Å². The van der Waals surface area contributed by atoms with E-state index in [-0.39, 0.29) is 12.5 Å². The van der Waals surface area contributed by atoms with Gasteiger partial charge in [0.25, 0.3) is 0 Å². The molecular formula is C16H27N5OS. The van der Waals surface area contributed by atoms with Gasteiger partial charge < -0.3 is 20.9 Å². The first-order valence-corrected chi connectivity index (χ1v) is 9.13. The van der Waals surface area contributed by atoms with Crippen LogP contribution in [0.1, 0.15) is 26.2 Å². The fourth-order valence-electron chi connectivity index (χ4n) is 2.57. The summed E-state index contributed by atoms with van der Waals surface area (Å²) in [5.74, 6) is 0.702. The van der Waals surface area contributed by atoms with Crippen LogP contribution in [-0.4, -0.2) is 51.1 Å². The lowest BCUT2D eigenvalue weighted by Gasteiger charge is -2.33. The number of nitrogens with one attached hydrogen (secondary N) is 3. The Morgan fingerprint density at radius 1 is 1.39 bits per heavy atom. The molecule has 1 amide bonds. The van der Waals surface area contributed by atoms with Crippen molar-refractivity contribution < 1.29 is 4.79 Å². The van der Waals surface area contributed by atoms with Crippen LogP contribution in [0.4, 0.5) is 5.00 Å². The van der Waals surface area contributed by atoms with E-state index < -0.39 is 0 Å². The molecule has 0 spiro atoms. The lowest BCUT2D eigenvalue weighted by molar-refractivity contribution is -0.120. The fourth-order valence-corrected chi connectivity index (χ4v) is 3.36. The number of hydrogen-bond acceptors (Lipinski definition) is 4. The van der Waals surface area contributed by atoms with Crippen LogP contribution in [0.5, 0.6) is 0 Å². The zero-order valence-corrected chi connectivity index (χ0v) is 14.8. The quantitative estimate of drug-likeness (QED) is 0.542. The van der Waals surface area contributed by atoms with Gasteiger partial charge in [-0.3, -0.25) is 9.79 Å². The highest BCUT2D eigenvalue weighted by Crippen LogP contribution is 2.24. The Balaban J connectivity index is 1.70. The minimum Gasteiger partial charge on any atom is -0.363 e. The van der Waals surface area contributed by atoms with Crippen molar-refractivity contribution in [3.8, 4) is 0 Å². The molecule has 23 heavy (non-hydrogen) atoms. The Morgan fingerprint density at radius 2 is 2.17 bits per heavy atom. The number of hydrogen-bond donors (Lipinski definition) is 3.